The molecule has 0 radical (unpaired) electrons. The highest BCUT2D eigenvalue weighted by atomic mass is 16.2. The molecule has 3 heterocycles. The molecule has 8 heteroatoms. The number of aryl methyl sites for hydroxylation is 1. The molecule has 2 amide bonds. The Morgan fingerprint density at radius 1 is 0.976 bits per heavy atom. The summed E-state index contributed by atoms with van der Waals surface area (Å²) in [5, 5.41) is 2.79. The number of nitrogens with zero attached hydrogens (tertiary/aromatic N) is 4. The first-order valence-corrected chi connectivity index (χ1v) is 15.6. The summed E-state index contributed by atoms with van der Waals surface area (Å²) in [6.45, 7) is 7.88. The molecule has 41 heavy (non-hydrogen) atoms. The Kier molecular flexibility index (Phi) is 6.99. The van der Waals surface area contributed by atoms with E-state index < -0.39 is 11.9 Å². The van der Waals surface area contributed by atoms with Crippen LogP contribution in [0.15, 0.2) is 23.0 Å². The van der Waals surface area contributed by atoms with Gasteiger partial charge >= 0.3 is 0 Å². The summed E-state index contributed by atoms with van der Waals surface area (Å²) in [6.07, 6.45) is 10.9. The van der Waals surface area contributed by atoms with Crippen LogP contribution in [0.2, 0.25) is 0 Å². The maximum absolute atomic E-state index is 13.6. The van der Waals surface area contributed by atoms with Crippen molar-refractivity contribution in [3.05, 3.63) is 39.9 Å². The number of aromatic nitrogens is 2. The highest BCUT2D eigenvalue weighted by molar-refractivity contribution is 5.99. The highest BCUT2D eigenvalue weighted by Crippen LogP contribution is 2.61. The van der Waals surface area contributed by atoms with E-state index in [1.807, 2.05) is 18.2 Å². The van der Waals surface area contributed by atoms with Gasteiger partial charge in [-0.15, -0.1) is 0 Å². The maximum Gasteiger partial charge on any atom is 0.263 e. The molecule has 216 valence electrons. The SMILES string of the molecule is Cc1nc2cccc(C#CCN3CCN(CCC45CC6CC(CC(C6)C4)C5)CC3)c2c(=O)n1C1CCC(=O)NC1=O. The Balaban J connectivity index is 0.987. The monoisotopic (exact) mass is 555 g/mol. The molecule has 0 spiro atoms. The minimum Gasteiger partial charge on any atom is -0.301 e. The molecule has 2 aromatic rings. The van der Waals surface area contributed by atoms with Gasteiger partial charge in [-0.2, -0.15) is 0 Å². The lowest BCUT2D eigenvalue weighted by Gasteiger charge is -2.57. The molecule has 1 aromatic heterocycles. The van der Waals surface area contributed by atoms with Gasteiger partial charge in [0, 0.05) is 38.2 Å². The Hall–Kier alpha value is -3.02. The third-order valence-electron chi connectivity index (χ3n) is 10.7. The molecule has 2 aliphatic heterocycles. The van der Waals surface area contributed by atoms with Crippen LogP contribution in [0.5, 0.6) is 0 Å². The fraction of sp³-hybridized carbons (Fsp3) is 0.636. The van der Waals surface area contributed by atoms with E-state index in [9.17, 15) is 14.4 Å². The molecule has 1 atom stereocenters. The molecule has 6 fully saturated rings. The summed E-state index contributed by atoms with van der Waals surface area (Å²) in [6, 6.07) is 4.80. The van der Waals surface area contributed by atoms with Crippen LogP contribution in [0.1, 0.15) is 75.2 Å². The summed E-state index contributed by atoms with van der Waals surface area (Å²) in [7, 11) is 0. The van der Waals surface area contributed by atoms with Gasteiger partial charge in [0.25, 0.3) is 5.56 Å². The van der Waals surface area contributed by atoms with Crippen molar-refractivity contribution >= 4 is 22.7 Å². The number of hydrogen-bond donors (Lipinski definition) is 1. The number of hydrogen-bond acceptors (Lipinski definition) is 6. The molecule has 4 bridgehead atoms. The van der Waals surface area contributed by atoms with E-state index in [1.54, 1.807) is 6.92 Å². The fourth-order valence-electron chi connectivity index (χ4n) is 9.16. The Morgan fingerprint density at radius 2 is 1.66 bits per heavy atom. The van der Waals surface area contributed by atoms with Gasteiger partial charge in [-0.25, -0.2) is 4.98 Å². The number of carbonyl (C=O) groups is 2. The number of rotatable bonds is 5. The van der Waals surface area contributed by atoms with Crippen molar-refractivity contribution in [2.24, 2.45) is 23.2 Å². The van der Waals surface area contributed by atoms with Crippen LogP contribution in [0.25, 0.3) is 10.9 Å². The number of imide groups is 1. The molecule has 4 saturated carbocycles. The molecule has 1 unspecified atom stereocenters. The number of amides is 2. The zero-order valence-corrected chi connectivity index (χ0v) is 24.2. The van der Waals surface area contributed by atoms with Crippen molar-refractivity contribution in [3.63, 3.8) is 0 Å². The molecule has 2 saturated heterocycles. The molecule has 6 aliphatic rings. The second-order valence-corrected chi connectivity index (χ2v) is 13.6. The lowest BCUT2D eigenvalue weighted by molar-refractivity contribution is -0.135. The summed E-state index contributed by atoms with van der Waals surface area (Å²) < 4.78 is 1.43. The van der Waals surface area contributed by atoms with Crippen molar-refractivity contribution in [1.82, 2.24) is 24.7 Å². The quantitative estimate of drug-likeness (QED) is 0.450. The lowest BCUT2D eigenvalue weighted by Crippen LogP contribution is -2.50. The van der Waals surface area contributed by atoms with Gasteiger partial charge in [-0.3, -0.25) is 29.2 Å². The van der Waals surface area contributed by atoms with Crippen molar-refractivity contribution in [2.75, 3.05) is 39.3 Å². The smallest absolute Gasteiger partial charge is 0.263 e. The average molecular weight is 556 g/mol. The van der Waals surface area contributed by atoms with Gasteiger partial charge in [0.2, 0.25) is 11.8 Å². The number of benzene rings is 1. The summed E-state index contributed by atoms with van der Waals surface area (Å²) >= 11 is 0. The van der Waals surface area contributed by atoms with Crippen LogP contribution in [0.3, 0.4) is 0 Å². The van der Waals surface area contributed by atoms with Gasteiger partial charge in [-0.1, -0.05) is 17.9 Å². The van der Waals surface area contributed by atoms with E-state index in [-0.39, 0.29) is 17.9 Å². The van der Waals surface area contributed by atoms with Gasteiger partial charge in [0.15, 0.2) is 0 Å². The zero-order valence-electron chi connectivity index (χ0n) is 24.2. The van der Waals surface area contributed by atoms with E-state index in [0.717, 1.165) is 43.9 Å². The lowest BCUT2D eigenvalue weighted by atomic mass is 9.49. The van der Waals surface area contributed by atoms with Crippen LogP contribution in [0, 0.1) is 41.9 Å². The molecular formula is C33H41N5O3. The predicted octanol–water partition coefficient (Wildman–Crippen LogP) is 3.26. The Morgan fingerprint density at radius 3 is 2.34 bits per heavy atom. The first-order chi connectivity index (χ1) is 19.9. The standard InChI is InChI=1S/C33H41N5O3/c1-22-34-27-6-2-4-26(30(27)32(41)38(22)28-7-8-29(39)35-31(28)40)5-3-10-36-12-14-37(15-13-36)11-9-33-19-23-16-24(20-33)18-25(17-23)21-33/h2,4,6,23-25,28H,7-21H2,1H3,(H,35,39,40). The second-order valence-electron chi connectivity index (χ2n) is 13.6. The zero-order chi connectivity index (χ0) is 28.1. The van der Waals surface area contributed by atoms with Gasteiger partial charge in [-0.05, 0) is 100 Å². The van der Waals surface area contributed by atoms with Crippen LogP contribution < -0.4 is 10.9 Å². The Bertz CT molecular complexity index is 1460. The van der Waals surface area contributed by atoms with Crippen molar-refractivity contribution in [3.8, 4) is 11.8 Å². The van der Waals surface area contributed by atoms with Gasteiger partial charge in [0.05, 0.1) is 17.4 Å². The van der Waals surface area contributed by atoms with Crippen LogP contribution in [0.4, 0.5) is 0 Å². The number of piperidine rings is 1. The third kappa shape index (κ3) is 5.23. The largest absolute Gasteiger partial charge is 0.301 e. The fourth-order valence-corrected chi connectivity index (χ4v) is 9.16. The van der Waals surface area contributed by atoms with E-state index in [2.05, 4.69) is 31.9 Å². The topological polar surface area (TPSA) is 87.5 Å². The summed E-state index contributed by atoms with van der Waals surface area (Å²) in [4.78, 5) is 47.5. The number of carbonyl (C=O) groups excluding carboxylic acids is 2. The third-order valence-corrected chi connectivity index (χ3v) is 10.7. The summed E-state index contributed by atoms with van der Waals surface area (Å²) in [5.41, 5.74) is 1.59. The van der Waals surface area contributed by atoms with Crippen LogP contribution >= 0.6 is 0 Å². The van der Waals surface area contributed by atoms with Crippen LogP contribution in [-0.4, -0.2) is 70.4 Å². The minimum absolute atomic E-state index is 0.206. The van der Waals surface area contributed by atoms with Crippen LogP contribution in [-0.2, 0) is 9.59 Å². The highest BCUT2D eigenvalue weighted by Gasteiger charge is 2.50. The molecular weight excluding hydrogens is 514 g/mol. The molecule has 1 N–H and O–H groups in total. The Labute approximate surface area is 241 Å². The number of piperazine rings is 1. The predicted molar refractivity (Wildman–Crippen MR) is 157 cm³/mol. The minimum atomic E-state index is -0.739. The maximum atomic E-state index is 13.6. The molecule has 1 aromatic carbocycles. The summed E-state index contributed by atoms with van der Waals surface area (Å²) in [5.74, 6) is 9.34. The van der Waals surface area contributed by atoms with E-state index in [0.29, 0.717) is 40.7 Å². The van der Waals surface area contributed by atoms with E-state index in [4.69, 9.17) is 0 Å². The molecule has 8 rings (SSSR count). The average Bonchev–Trinajstić information content (AvgIpc) is 2.93. The first kappa shape index (κ1) is 26.9. The van der Waals surface area contributed by atoms with E-state index >= 15 is 0 Å². The first-order valence-electron chi connectivity index (χ1n) is 15.6. The van der Waals surface area contributed by atoms with Crippen molar-refractivity contribution < 1.29 is 9.59 Å². The molecule has 8 nitrogen and oxygen atoms in total. The number of fused-ring (bicyclic) bond motifs is 1. The van der Waals surface area contributed by atoms with E-state index in [1.165, 1.54) is 56.1 Å². The van der Waals surface area contributed by atoms with Gasteiger partial charge < -0.3 is 4.90 Å². The number of nitrogens with one attached hydrogen (secondary N) is 1. The normalized spacial score (nSPS) is 31.7. The van der Waals surface area contributed by atoms with Crippen molar-refractivity contribution in [1.29, 1.82) is 0 Å². The molecule has 4 aliphatic carbocycles. The van der Waals surface area contributed by atoms with Gasteiger partial charge in [0.1, 0.15) is 11.9 Å². The van der Waals surface area contributed by atoms with Crippen molar-refractivity contribution in [2.45, 2.75) is 70.8 Å². The second kappa shape index (κ2) is 10.7.